The Kier molecular flexibility index (Phi) is 9.52. The monoisotopic (exact) mass is 335 g/mol. The molecule has 1 aliphatic heterocycles. The fourth-order valence-corrected chi connectivity index (χ4v) is 2.67. The van der Waals surface area contributed by atoms with E-state index >= 15 is 0 Å². The van der Waals surface area contributed by atoms with Crippen LogP contribution in [0.15, 0.2) is 0 Å². The van der Waals surface area contributed by atoms with E-state index in [9.17, 15) is 18.3 Å². The van der Waals surface area contributed by atoms with Crippen molar-refractivity contribution in [3.63, 3.8) is 0 Å². The number of piperidine rings is 1. The summed E-state index contributed by atoms with van der Waals surface area (Å²) in [6.45, 7) is 5.25. The molecule has 0 amide bonds. The Balaban J connectivity index is 0.00000128. The quantitative estimate of drug-likeness (QED) is 0.631. The first-order valence-corrected chi connectivity index (χ1v) is 7.29. The van der Waals surface area contributed by atoms with Crippen molar-refractivity contribution in [2.24, 2.45) is 5.41 Å². The molecule has 7 heteroatoms. The maximum Gasteiger partial charge on any atom is 1.00 e. The molecule has 0 spiro atoms. The Morgan fingerprint density at radius 2 is 1.57 bits per heavy atom. The zero-order valence-electron chi connectivity index (χ0n) is 13.6. The van der Waals surface area contributed by atoms with Gasteiger partial charge in [0.1, 0.15) is 0 Å². The number of ether oxygens (including phenoxy) is 1. The molecule has 2 fully saturated rings. The van der Waals surface area contributed by atoms with Crippen LogP contribution in [-0.4, -0.2) is 50.0 Å². The van der Waals surface area contributed by atoms with E-state index < -0.39 is 11.8 Å². The first kappa shape index (κ1) is 22.3. The molecule has 1 aliphatic carbocycles. The van der Waals surface area contributed by atoms with E-state index in [4.69, 9.17) is 4.74 Å². The molecule has 0 N–H and O–H groups in total. The number of nitrogens with zero attached hydrogens (tertiary/aromatic N) is 1. The van der Waals surface area contributed by atoms with Crippen molar-refractivity contribution in [2.75, 3.05) is 33.4 Å². The number of alkyl halides is 3. The van der Waals surface area contributed by atoms with Gasteiger partial charge in [0.05, 0.1) is 0 Å². The van der Waals surface area contributed by atoms with Gasteiger partial charge < -0.3 is 14.7 Å². The minimum Gasteiger partial charge on any atom is -0.854 e. The fourth-order valence-electron chi connectivity index (χ4n) is 2.67. The molecular weight excluding hydrogens is 310 g/mol. The molecule has 0 aromatic carbocycles. The molecule has 0 aromatic heterocycles. The summed E-state index contributed by atoms with van der Waals surface area (Å²) in [4.78, 5) is 1.98. The summed E-state index contributed by atoms with van der Waals surface area (Å²) >= 11 is 0. The fraction of sp³-hybridized carbons (Fsp3) is 1.00. The van der Waals surface area contributed by atoms with Crippen LogP contribution < -0.4 is 56.5 Å². The second kappa shape index (κ2) is 8.96. The minimum absolute atomic E-state index is 0. The summed E-state index contributed by atoms with van der Waals surface area (Å²) in [6, 6.07) is 0. The molecule has 0 unspecified atom stereocenters. The Bertz CT molecular complexity index is 301. The first-order chi connectivity index (χ1) is 9.36. The van der Waals surface area contributed by atoms with Crippen molar-refractivity contribution >= 4 is 0 Å². The van der Waals surface area contributed by atoms with E-state index in [0.717, 1.165) is 20.0 Å². The largest absolute Gasteiger partial charge is 1.00 e. The minimum atomic E-state index is -4.32. The van der Waals surface area contributed by atoms with Gasteiger partial charge in [0.2, 0.25) is 0 Å². The normalized spacial score (nSPS) is 23.6. The van der Waals surface area contributed by atoms with E-state index in [1.54, 1.807) is 0 Å². The van der Waals surface area contributed by atoms with Crippen molar-refractivity contribution in [3.8, 4) is 0 Å². The maximum absolute atomic E-state index is 12.9. The number of halogens is 3. The molecule has 0 radical (unpaired) electrons. The van der Waals surface area contributed by atoms with Crippen LogP contribution in [0, 0.1) is 5.41 Å². The molecule has 1 heterocycles. The van der Waals surface area contributed by atoms with E-state index in [2.05, 4.69) is 0 Å². The summed E-state index contributed by atoms with van der Waals surface area (Å²) in [5.41, 5.74) is -2.14. The Morgan fingerprint density at radius 1 is 1.10 bits per heavy atom. The van der Waals surface area contributed by atoms with Gasteiger partial charge in [-0.3, -0.25) is 0 Å². The van der Waals surface area contributed by atoms with Crippen LogP contribution in [0.25, 0.3) is 0 Å². The van der Waals surface area contributed by atoms with Gasteiger partial charge in [0, 0.05) is 26.7 Å². The van der Waals surface area contributed by atoms with Gasteiger partial charge >= 0.3 is 57.6 Å². The molecule has 21 heavy (non-hydrogen) atoms. The number of methoxy groups -OCH3 is 1. The maximum atomic E-state index is 12.9. The summed E-state index contributed by atoms with van der Waals surface area (Å²) in [7, 11) is 1.13. The third kappa shape index (κ3) is 5.41. The van der Waals surface area contributed by atoms with Crippen LogP contribution in [0.4, 0.5) is 13.2 Å². The van der Waals surface area contributed by atoms with Crippen molar-refractivity contribution in [1.82, 2.24) is 4.90 Å². The number of likely N-dealkylation sites (tertiary alicyclic amines) is 1. The van der Waals surface area contributed by atoms with Gasteiger partial charge in [-0.2, -0.15) is 13.2 Å². The first-order valence-electron chi connectivity index (χ1n) is 7.29. The zero-order chi connectivity index (χ0) is 15.4. The van der Waals surface area contributed by atoms with Gasteiger partial charge in [-0.15, -0.1) is 6.61 Å². The van der Waals surface area contributed by atoms with Gasteiger partial charge in [0.15, 0.2) is 5.60 Å². The third-order valence-electron chi connectivity index (χ3n) is 4.39. The van der Waals surface area contributed by atoms with Crippen LogP contribution in [0.5, 0.6) is 0 Å². The second-order valence-electron chi connectivity index (χ2n) is 5.62. The predicted octanol–water partition coefficient (Wildman–Crippen LogP) is -0.800. The predicted molar refractivity (Wildman–Crippen MR) is 69.4 cm³/mol. The van der Waals surface area contributed by atoms with Gasteiger partial charge in [-0.05, 0) is 31.1 Å². The van der Waals surface area contributed by atoms with Crippen LogP contribution in [0.3, 0.4) is 0 Å². The molecule has 0 aromatic rings. The summed E-state index contributed by atoms with van der Waals surface area (Å²) in [5.74, 6) is 0. The topological polar surface area (TPSA) is 35.5 Å². The van der Waals surface area contributed by atoms with E-state index in [1.165, 1.54) is 0 Å². The van der Waals surface area contributed by atoms with Gasteiger partial charge in [-0.25, -0.2) is 0 Å². The molecule has 3 nitrogen and oxygen atoms in total. The molecule has 1 saturated carbocycles. The van der Waals surface area contributed by atoms with Crippen LogP contribution >= 0.6 is 0 Å². The van der Waals surface area contributed by atoms with E-state index in [1.807, 2.05) is 18.7 Å². The third-order valence-corrected chi connectivity index (χ3v) is 4.39. The molecule has 0 bridgehead atoms. The summed E-state index contributed by atoms with van der Waals surface area (Å²) in [5, 5.41) is 11.0. The van der Waals surface area contributed by atoms with Gasteiger partial charge in [0.25, 0.3) is 0 Å². The van der Waals surface area contributed by atoms with Crippen molar-refractivity contribution in [2.45, 2.75) is 51.3 Å². The average molecular weight is 335 g/mol. The summed E-state index contributed by atoms with van der Waals surface area (Å²) < 4.78 is 43.6. The van der Waals surface area contributed by atoms with Crippen LogP contribution in [0.2, 0.25) is 0 Å². The number of rotatable bonds is 4. The number of hydrogen-bond donors (Lipinski definition) is 0. The van der Waals surface area contributed by atoms with E-state index in [0.29, 0.717) is 19.6 Å². The Hall–Kier alpha value is 1.31. The second-order valence-corrected chi connectivity index (χ2v) is 5.62. The zero-order valence-corrected chi connectivity index (χ0v) is 16.7. The van der Waals surface area contributed by atoms with Gasteiger partial charge in [-0.1, -0.05) is 13.8 Å². The standard InChI is InChI=1S/C12H19F3NO2.C2H6.K/c1-18-11(12(13,14)15)4-6-16(7-5-11)8-10(9-17)2-3-10;1-2;/h2-9H2,1H3;1-2H3;/q-1;;+1. The average Bonchev–Trinajstić information content (AvgIpc) is 3.21. The smallest absolute Gasteiger partial charge is 0.854 e. The molecule has 0 atom stereocenters. The summed E-state index contributed by atoms with van der Waals surface area (Å²) in [6.07, 6.45) is -2.56. The van der Waals surface area contributed by atoms with Crippen molar-refractivity contribution in [1.29, 1.82) is 0 Å². The van der Waals surface area contributed by atoms with Crippen molar-refractivity contribution < 1.29 is 74.4 Å². The molecule has 120 valence electrons. The van der Waals surface area contributed by atoms with Crippen LogP contribution in [0.1, 0.15) is 39.5 Å². The molecular formula is C14H25F3KNO2. The van der Waals surface area contributed by atoms with Crippen molar-refractivity contribution in [3.05, 3.63) is 0 Å². The Labute approximate surface area is 168 Å². The Morgan fingerprint density at radius 3 is 1.86 bits per heavy atom. The molecule has 2 aliphatic rings. The van der Waals surface area contributed by atoms with Crippen LogP contribution in [-0.2, 0) is 4.74 Å². The molecule has 2 rings (SSSR count). The number of hydrogen-bond acceptors (Lipinski definition) is 3. The molecule has 1 saturated heterocycles. The van der Waals surface area contributed by atoms with E-state index in [-0.39, 0.29) is 76.2 Å². The SMILES string of the molecule is CC.COC1(C(F)(F)F)CCN(CC2(C[O-])CC2)CC1.[K+].